The molecule has 2 aliphatic carbocycles. The van der Waals surface area contributed by atoms with Crippen LogP contribution in [0, 0.1) is 11.3 Å². The fourth-order valence-corrected chi connectivity index (χ4v) is 3.15. The van der Waals surface area contributed by atoms with Gasteiger partial charge in [0.2, 0.25) is 0 Å². The van der Waals surface area contributed by atoms with Crippen LogP contribution in [0.5, 0.6) is 0 Å². The molecule has 1 aromatic rings. The van der Waals surface area contributed by atoms with Crippen molar-refractivity contribution in [3.8, 4) is 0 Å². The molecule has 1 aromatic heterocycles. The molecule has 2 fully saturated rings. The van der Waals surface area contributed by atoms with Crippen molar-refractivity contribution in [1.82, 2.24) is 9.55 Å². The highest BCUT2D eigenvalue weighted by Gasteiger charge is 2.67. The maximum absolute atomic E-state index is 11.7. The number of aliphatic hydroxyl groups excluding tert-OH is 2. The second-order valence-electron chi connectivity index (χ2n) is 5.06. The Bertz CT molecular complexity index is 515. The number of nitrogens with zero attached hydrogens (tertiary/aromatic N) is 2. The van der Waals surface area contributed by atoms with E-state index in [1.165, 1.54) is 4.57 Å². The van der Waals surface area contributed by atoms with Crippen molar-refractivity contribution < 1.29 is 10.2 Å². The van der Waals surface area contributed by atoms with Crippen molar-refractivity contribution in [3.63, 3.8) is 0 Å². The van der Waals surface area contributed by atoms with Crippen LogP contribution in [0.2, 0.25) is 0 Å². The Balaban J connectivity index is 1.95. The average Bonchev–Trinajstić information content (AvgIpc) is 2.96. The molecule has 0 aliphatic heterocycles. The largest absolute Gasteiger partial charge is 0.396 e. The molecule has 0 amide bonds. The first kappa shape index (κ1) is 10.7. The van der Waals surface area contributed by atoms with E-state index < -0.39 is 6.10 Å². The minimum atomic E-state index is -0.535. The van der Waals surface area contributed by atoms with E-state index in [9.17, 15) is 15.0 Å². The molecule has 4 atom stereocenters. The van der Waals surface area contributed by atoms with Crippen molar-refractivity contribution >= 4 is 5.82 Å². The lowest BCUT2D eigenvalue weighted by Crippen LogP contribution is -2.28. The number of hydrogen-bond donors (Lipinski definition) is 3. The van der Waals surface area contributed by atoms with E-state index in [0.717, 1.165) is 6.42 Å². The van der Waals surface area contributed by atoms with Crippen LogP contribution in [0.25, 0.3) is 0 Å². The van der Waals surface area contributed by atoms with Crippen LogP contribution >= 0.6 is 0 Å². The predicted octanol–water partition coefficient (Wildman–Crippen LogP) is -0.870. The molecule has 17 heavy (non-hydrogen) atoms. The minimum absolute atomic E-state index is 0.0213. The quantitative estimate of drug-likeness (QED) is 0.620. The molecular formula is C11H15N3O3. The van der Waals surface area contributed by atoms with Gasteiger partial charge in [0.25, 0.3) is 0 Å². The number of aliphatic hydroxyl groups is 2. The Kier molecular flexibility index (Phi) is 2.08. The zero-order chi connectivity index (χ0) is 12.2. The molecule has 6 nitrogen and oxygen atoms in total. The molecule has 0 saturated heterocycles. The van der Waals surface area contributed by atoms with E-state index >= 15 is 0 Å². The number of aromatic nitrogens is 2. The highest BCUT2D eigenvalue weighted by molar-refractivity contribution is 5.25. The molecule has 0 unspecified atom stereocenters. The van der Waals surface area contributed by atoms with Crippen LogP contribution in [0.1, 0.15) is 18.9 Å². The summed E-state index contributed by atoms with van der Waals surface area (Å²) in [7, 11) is 0. The normalized spacial score (nSPS) is 39.1. The second-order valence-corrected chi connectivity index (χ2v) is 5.06. The van der Waals surface area contributed by atoms with E-state index in [4.69, 9.17) is 5.73 Å². The van der Waals surface area contributed by atoms with Gasteiger partial charge in [-0.3, -0.25) is 4.57 Å². The molecule has 3 rings (SSSR count). The van der Waals surface area contributed by atoms with Gasteiger partial charge in [-0.15, -0.1) is 0 Å². The smallest absolute Gasteiger partial charge is 0.349 e. The summed E-state index contributed by atoms with van der Waals surface area (Å²) in [5, 5.41) is 19.3. The number of nitrogens with two attached hydrogens (primary N) is 1. The predicted molar refractivity (Wildman–Crippen MR) is 60.2 cm³/mol. The SMILES string of the molecule is Nc1ccn([C@H]2C[C@H](O)[C@]3(CO)C[C@H]23)c(=O)n1. The van der Waals surface area contributed by atoms with Gasteiger partial charge in [0.05, 0.1) is 12.7 Å². The van der Waals surface area contributed by atoms with E-state index in [-0.39, 0.29) is 35.5 Å². The highest BCUT2D eigenvalue weighted by Crippen LogP contribution is 2.66. The highest BCUT2D eigenvalue weighted by atomic mass is 16.3. The van der Waals surface area contributed by atoms with Gasteiger partial charge >= 0.3 is 5.69 Å². The van der Waals surface area contributed by atoms with E-state index in [1.807, 2.05) is 0 Å². The third-order valence-electron chi connectivity index (χ3n) is 4.27. The summed E-state index contributed by atoms with van der Waals surface area (Å²) in [5.41, 5.74) is 4.67. The molecule has 2 aliphatic rings. The number of rotatable bonds is 2. The Morgan fingerprint density at radius 2 is 2.41 bits per heavy atom. The lowest BCUT2D eigenvalue weighted by molar-refractivity contribution is 0.0599. The molecule has 1 heterocycles. The summed E-state index contributed by atoms with van der Waals surface area (Å²) in [6, 6.07) is 1.51. The van der Waals surface area contributed by atoms with Crippen LogP contribution < -0.4 is 11.4 Å². The van der Waals surface area contributed by atoms with Crippen molar-refractivity contribution in [2.75, 3.05) is 12.3 Å². The Morgan fingerprint density at radius 3 is 2.94 bits per heavy atom. The third kappa shape index (κ3) is 1.34. The van der Waals surface area contributed by atoms with Crippen LogP contribution in [0.4, 0.5) is 5.82 Å². The molecule has 92 valence electrons. The topological polar surface area (TPSA) is 101 Å². The van der Waals surface area contributed by atoms with Crippen molar-refractivity contribution in [2.45, 2.75) is 25.0 Å². The Morgan fingerprint density at radius 1 is 1.65 bits per heavy atom. The zero-order valence-corrected chi connectivity index (χ0v) is 9.28. The monoisotopic (exact) mass is 237 g/mol. The fourth-order valence-electron chi connectivity index (χ4n) is 3.15. The van der Waals surface area contributed by atoms with Crippen LogP contribution in [-0.2, 0) is 0 Å². The first-order valence-corrected chi connectivity index (χ1v) is 5.72. The molecule has 0 bridgehead atoms. The van der Waals surface area contributed by atoms with Gasteiger partial charge in [0.15, 0.2) is 0 Å². The first-order chi connectivity index (χ1) is 8.08. The average molecular weight is 237 g/mol. The second kappa shape index (κ2) is 3.30. The first-order valence-electron chi connectivity index (χ1n) is 5.72. The van der Waals surface area contributed by atoms with Gasteiger partial charge in [0.1, 0.15) is 5.82 Å². The molecule has 4 N–H and O–H groups in total. The maximum Gasteiger partial charge on any atom is 0.349 e. The molecule has 0 aromatic carbocycles. The summed E-state index contributed by atoms with van der Waals surface area (Å²) in [6.45, 7) is -0.0213. The summed E-state index contributed by atoms with van der Waals surface area (Å²) in [6.07, 6.45) is 2.35. The van der Waals surface area contributed by atoms with Gasteiger partial charge in [-0.25, -0.2) is 4.79 Å². The van der Waals surface area contributed by atoms with E-state index in [1.54, 1.807) is 12.3 Å². The molecule has 2 saturated carbocycles. The molecule has 6 heteroatoms. The zero-order valence-electron chi connectivity index (χ0n) is 9.28. The minimum Gasteiger partial charge on any atom is -0.396 e. The lowest BCUT2D eigenvalue weighted by atomic mass is 10.0. The lowest BCUT2D eigenvalue weighted by Gasteiger charge is -2.16. The van der Waals surface area contributed by atoms with Crippen LogP contribution in [-0.4, -0.2) is 32.5 Å². The van der Waals surface area contributed by atoms with Gasteiger partial charge in [-0.05, 0) is 24.8 Å². The maximum atomic E-state index is 11.7. The Hall–Kier alpha value is -1.40. The third-order valence-corrected chi connectivity index (χ3v) is 4.27. The summed E-state index contributed by atoms with van der Waals surface area (Å²) >= 11 is 0. The van der Waals surface area contributed by atoms with E-state index in [0.29, 0.717) is 6.42 Å². The molecule has 0 radical (unpaired) electrons. The standard InChI is InChI=1S/C11H15N3O3/c12-9-1-2-14(10(17)13-9)7-3-8(16)11(5-15)4-6(7)11/h1-2,6-8,15-16H,3-5H2,(H2,12,13,17)/t6-,7+,8+,11+/m1/s1. The summed E-state index contributed by atoms with van der Waals surface area (Å²) in [4.78, 5) is 15.4. The number of hydrogen-bond acceptors (Lipinski definition) is 5. The molecule has 0 spiro atoms. The van der Waals surface area contributed by atoms with Crippen molar-refractivity contribution in [3.05, 3.63) is 22.7 Å². The van der Waals surface area contributed by atoms with Crippen molar-refractivity contribution in [2.24, 2.45) is 11.3 Å². The Labute approximate surface area is 97.7 Å². The number of nitrogen functional groups attached to an aromatic ring is 1. The van der Waals surface area contributed by atoms with Crippen LogP contribution in [0.15, 0.2) is 17.1 Å². The molecular weight excluding hydrogens is 222 g/mol. The number of anilines is 1. The van der Waals surface area contributed by atoms with Gasteiger partial charge in [-0.1, -0.05) is 0 Å². The van der Waals surface area contributed by atoms with Gasteiger partial charge in [0, 0.05) is 17.7 Å². The van der Waals surface area contributed by atoms with Gasteiger partial charge < -0.3 is 15.9 Å². The number of fused-ring (bicyclic) bond motifs is 1. The van der Waals surface area contributed by atoms with Gasteiger partial charge in [-0.2, -0.15) is 4.98 Å². The summed E-state index contributed by atoms with van der Waals surface area (Å²) in [5.74, 6) is 0.375. The van der Waals surface area contributed by atoms with Crippen LogP contribution in [0.3, 0.4) is 0 Å². The fraction of sp³-hybridized carbons (Fsp3) is 0.636. The summed E-state index contributed by atoms with van der Waals surface area (Å²) < 4.78 is 1.52. The van der Waals surface area contributed by atoms with Crippen molar-refractivity contribution in [1.29, 1.82) is 0 Å². The van der Waals surface area contributed by atoms with E-state index in [2.05, 4.69) is 4.98 Å².